The molecule has 0 bridgehead atoms. The number of hydrogen-bond donors (Lipinski definition) is 1. The number of nitriles is 1. The predicted molar refractivity (Wildman–Crippen MR) is 110 cm³/mol. The monoisotopic (exact) mass is 414 g/mol. The van der Waals surface area contributed by atoms with E-state index in [-0.39, 0.29) is 18.7 Å². The minimum atomic E-state index is -0.561. The molecule has 1 aromatic heterocycles. The first-order valence-electron chi connectivity index (χ1n) is 9.52. The number of amides is 1. The zero-order valence-corrected chi connectivity index (χ0v) is 17.9. The van der Waals surface area contributed by atoms with Gasteiger partial charge in [-0.2, -0.15) is 10.4 Å². The molecule has 9 nitrogen and oxygen atoms in total. The number of benzene rings is 1. The van der Waals surface area contributed by atoms with E-state index in [1.807, 2.05) is 19.9 Å². The molecule has 0 aliphatic carbocycles. The van der Waals surface area contributed by atoms with E-state index in [9.17, 15) is 14.9 Å². The number of aromatic nitrogens is 2. The van der Waals surface area contributed by atoms with Crippen LogP contribution in [0.4, 0.5) is 0 Å². The highest BCUT2D eigenvalue weighted by Gasteiger charge is 2.17. The maximum atomic E-state index is 12.5. The molecule has 2 rings (SSSR count). The molecule has 0 saturated heterocycles. The van der Waals surface area contributed by atoms with Gasteiger partial charge in [0.1, 0.15) is 18.2 Å². The molecule has 0 aliphatic heterocycles. The Morgan fingerprint density at radius 3 is 2.23 bits per heavy atom. The number of carbonyl (C=O) groups is 1. The molecule has 0 saturated carbocycles. The minimum absolute atomic E-state index is 0.0433. The van der Waals surface area contributed by atoms with Crippen LogP contribution in [0.15, 0.2) is 16.9 Å². The van der Waals surface area contributed by atoms with Crippen LogP contribution in [0.2, 0.25) is 0 Å². The number of hydrogen-bond acceptors (Lipinski definition) is 7. The normalized spacial score (nSPS) is 10.3. The van der Waals surface area contributed by atoms with Crippen molar-refractivity contribution in [1.29, 1.82) is 5.26 Å². The van der Waals surface area contributed by atoms with Crippen molar-refractivity contribution in [2.24, 2.45) is 0 Å². The number of aryl methyl sites for hydroxylation is 1. The van der Waals surface area contributed by atoms with Gasteiger partial charge in [0.2, 0.25) is 11.7 Å². The van der Waals surface area contributed by atoms with Crippen LogP contribution in [0, 0.1) is 11.3 Å². The van der Waals surface area contributed by atoms with Crippen LogP contribution >= 0.6 is 0 Å². The smallest absolute Gasteiger partial charge is 0.285 e. The standard InChI is InChI=1S/C21H26N4O5/c1-6-14-15(10-22)21(27)25(24-16(14)7-2)12-19(26)23-11-13-8-17(28-3)20(30-5)18(9-13)29-4/h8-9H,6-7,11-12H2,1-5H3,(H,23,26). The van der Waals surface area contributed by atoms with Gasteiger partial charge in [0.15, 0.2) is 11.5 Å². The number of methoxy groups -OCH3 is 3. The van der Waals surface area contributed by atoms with Gasteiger partial charge in [0.25, 0.3) is 5.56 Å². The van der Waals surface area contributed by atoms with Crippen LogP contribution in [-0.4, -0.2) is 37.0 Å². The maximum absolute atomic E-state index is 12.5. The van der Waals surface area contributed by atoms with Gasteiger partial charge < -0.3 is 19.5 Å². The molecule has 30 heavy (non-hydrogen) atoms. The lowest BCUT2D eigenvalue weighted by molar-refractivity contribution is -0.122. The molecule has 9 heteroatoms. The summed E-state index contributed by atoms with van der Waals surface area (Å²) in [6.45, 7) is 3.66. The highest BCUT2D eigenvalue weighted by Crippen LogP contribution is 2.38. The molecule has 160 valence electrons. The third-order valence-corrected chi connectivity index (χ3v) is 4.65. The fourth-order valence-corrected chi connectivity index (χ4v) is 3.17. The van der Waals surface area contributed by atoms with Gasteiger partial charge in [-0.25, -0.2) is 4.68 Å². The van der Waals surface area contributed by atoms with Crippen molar-refractivity contribution in [3.05, 3.63) is 44.9 Å². The summed E-state index contributed by atoms with van der Waals surface area (Å²) < 4.78 is 16.9. The molecule has 1 heterocycles. The summed E-state index contributed by atoms with van der Waals surface area (Å²) in [5.41, 5.74) is 1.49. The van der Waals surface area contributed by atoms with E-state index in [0.29, 0.717) is 41.3 Å². The molecule has 2 aromatic rings. The Balaban J connectivity index is 2.22. The van der Waals surface area contributed by atoms with Crippen molar-refractivity contribution in [3.8, 4) is 23.3 Å². The second-order valence-corrected chi connectivity index (χ2v) is 6.39. The molecule has 0 spiro atoms. The predicted octanol–water partition coefficient (Wildman–Crippen LogP) is 1.58. The molecule has 0 radical (unpaired) electrons. The first kappa shape index (κ1) is 22.7. The average Bonchev–Trinajstić information content (AvgIpc) is 2.77. The quantitative estimate of drug-likeness (QED) is 0.662. The molecule has 0 unspecified atom stereocenters. The Bertz CT molecular complexity index is 998. The minimum Gasteiger partial charge on any atom is -0.493 e. The third kappa shape index (κ3) is 4.71. The van der Waals surface area contributed by atoms with Crippen LogP contribution in [0.25, 0.3) is 0 Å². The molecular weight excluding hydrogens is 388 g/mol. The zero-order valence-electron chi connectivity index (χ0n) is 17.9. The number of rotatable bonds is 9. The zero-order chi connectivity index (χ0) is 22.3. The Labute approximate surface area is 175 Å². The second-order valence-electron chi connectivity index (χ2n) is 6.39. The lowest BCUT2D eigenvalue weighted by Gasteiger charge is -2.15. The highest BCUT2D eigenvalue weighted by atomic mass is 16.5. The van der Waals surface area contributed by atoms with Crippen molar-refractivity contribution in [3.63, 3.8) is 0 Å². The first-order chi connectivity index (χ1) is 14.4. The molecule has 0 aliphatic rings. The van der Waals surface area contributed by atoms with Gasteiger partial charge in [-0.15, -0.1) is 0 Å². The van der Waals surface area contributed by atoms with E-state index in [1.165, 1.54) is 21.3 Å². The lowest BCUT2D eigenvalue weighted by atomic mass is 10.0. The average molecular weight is 414 g/mol. The summed E-state index contributed by atoms with van der Waals surface area (Å²) in [4.78, 5) is 25.0. The van der Waals surface area contributed by atoms with E-state index in [0.717, 1.165) is 10.2 Å². The summed E-state index contributed by atoms with van der Waals surface area (Å²) in [6, 6.07) is 5.41. The fourth-order valence-electron chi connectivity index (χ4n) is 3.17. The van der Waals surface area contributed by atoms with E-state index < -0.39 is 11.5 Å². The van der Waals surface area contributed by atoms with E-state index in [2.05, 4.69) is 10.4 Å². The first-order valence-corrected chi connectivity index (χ1v) is 9.52. The van der Waals surface area contributed by atoms with Crippen LogP contribution < -0.4 is 25.1 Å². The van der Waals surface area contributed by atoms with Crippen LogP contribution in [0.3, 0.4) is 0 Å². The van der Waals surface area contributed by atoms with Crippen LogP contribution in [-0.2, 0) is 30.7 Å². The molecule has 0 fully saturated rings. The Kier molecular flexibility index (Phi) is 7.81. The van der Waals surface area contributed by atoms with Gasteiger partial charge >= 0.3 is 0 Å². The number of carbonyl (C=O) groups excluding carboxylic acids is 1. The van der Waals surface area contributed by atoms with Crippen molar-refractivity contribution in [2.75, 3.05) is 21.3 Å². The topological polar surface area (TPSA) is 115 Å². The summed E-state index contributed by atoms with van der Waals surface area (Å²) in [5, 5.41) is 16.4. The van der Waals surface area contributed by atoms with Gasteiger partial charge in [-0.3, -0.25) is 9.59 Å². The number of nitrogens with one attached hydrogen (secondary N) is 1. The molecule has 1 aromatic carbocycles. The third-order valence-electron chi connectivity index (χ3n) is 4.65. The lowest BCUT2D eigenvalue weighted by Crippen LogP contribution is -2.35. The van der Waals surface area contributed by atoms with Gasteiger partial charge in [-0.1, -0.05) is 13.8 Å². The SMILES string of the molecule is CCc1nn(CC(=O)NCc2cc(OC)c(OC)c(OC)c2)c(=O)c(C#N)c1CC. The molecule has 1 N–H and O–H groups in total. The Hall–Kier alpha value is -3.54. The van der Waals surface area contributed by atoms with E-state index in [1.54, 1.807) is 12.1 Å². The molecule has 1 amide bonds. The van der Waals surface area contributed by atoms with Crippen LogP contribution in [0.5, 0.6) is 17.2 Å². The van der Waals surface area contributed by atoms with Crippen molar-refractivity contribution in [2.45, 2.75) is 39.8 Å². The fraction of sp³-hybridized carbons (Fsp3) is 0.429. The van der Waals surface area contributed by atoms with Crippen molar-refractivity contribution < 1.29 is 19.0 Å². The van der Waals surface area contributed by atoms with Crippen molar-refractivity contribution in [1.82, 2.24) is 15.1 Å². The van der Waals surface area contributed by atoms with Gasteiger partial charge in [-0.05, 0) is 36.1 Å². The van der Waals surface area contributed by atoms with Gasteiger partial charge in [0.05, 0.1) is 27.0 Å². The van der Waals surface area contributed by atoms with Crippen LogP contribution in [0.1, 0.15) is 36.2 Å². The largest absolute Gasteiger partial charge is 0.493 e. The second kappa shape index (κ2) is 10.3. The molecule has 0 atom stereocenters. The van der Waals surface area contributed by atoms with E-state index in [4.69, 9.17) is 14.2 Å². The summed E-state index contributed by atoms with van der Waals surface area (Å²) >= 11 is 0. The number of ether oxygens (including phenoxy) is 3. The number of nitrogens with zero attached hydrogens (tertiary/aromatic N) is 3. The van der Waals surface area contributed by atoms with Gasteiger partial charge in [0, 0.05) is 6.54 Å². The van der Waals surface area contributed by atoms with E-state index >= 15 is 0 Å². The molecular formula is C21H26N4O5. The Morgan fingerprint density at radius 2 is 1.77 bits per heavy atom. The summed E-state index contributed by atoms with van der Waals surface area (Å²) in [5.74, 6) is 0.993. The Morgan fingerprint density at radius 1 is 1.13 bits per heavy atom. The van der Waals surface area contributed by atoms with Crippen molar-refractivity contribution >= 4 is 5.91 Å². The summed E-state index contributed by atoms with van der Waals surface area (Å²) in [6.07, 6.45) is 1.09. The highest BCUT2D eigenvalue weighted by molar-refractivity contribution is 5.75. The maximum Gasteiger partial charge on any atom is 0.285 e. The summed E-state index contributed by atoms with van der Waals surface area (Å²) in [7, 11) is 4.53.